The number of benzene rings is 1. The number of aromatic nitrogens is 4. The Morgan fingerprint density at radius 2 is 1.94 bits per heavy atom. The maximum Gasteiger partial charge on any atom is 0.417 e. The smallest absolute Gasteiger partial charge is 0.417 e. The molecule has 1 fully saturated rings. The molecule has 11 heteroatoms. The molecule has 2 aromatic heterocycles. The fourth-order valence-corrected chi connectivity index (χ4v) is 4.03. The Morgan fingerprint density at radius 3 is 2.56 bits per heavy atom. The lowest BCUT2D eigenvalue weighted by Crippen LogP contribution is -2.57. The van der Waals surface area contributed by atoms with E-state index < -0.39 is 29.2 Å². The first-order chi connectivity index (χ1) is 15.2. The molecule has 4 rings (SSSR count). The molecule has 0 spiro atoms. The molecule has 32 heavy (non-hydrogen) atoms. The van der Waals surface area contributed by atoms with Gasteiger partial charge in [0.25, 0.3) is 0 Å². The van der Waals surface area contributed by atoms with Crippen LogP contribution in [0.15, 0.2) is 48.9 Å². The summed E-state index contributed by atoms with van der Waals surface area (Å²) in [6.07, 6.45) is -0.0480. The van der Waals surface area contributed by atoms with E-state index in [2.05, 4.69) is 15.2 Å². The minimum Gasteiger partial charge on any atom is -0.471 e. The molecule has 0 unspecified atom stereocenters. The Bertz CT molecular complexity index is 1090. The molecule has 0 radical (unpaired) electrons. The number of halogens is 4. The van der Waals surface area contributed by atoms with Gasteiger partial charge in [0.15, 0.2) is 5.82 Å². The fraction of sp³-hybridized carbons (Fsp3) is 0.333. The zero-order valence-electron chi connectivity index (χ0n) is 17.0. The number of rotatable bonds is 5. The summed E-state index contributed by atoms with van der Waals surface area (Å²) in [5.41, 5.74) is -1.61. The largest absolute Gasteiger partial charge is 0.471 e. The van der Waals surface area contributed by atoms with Crippen LogP contribution in [0.2, 0.25) is 0 Å². The molecule has 3 heterocycles. The molecule has 0 aliphatic carbocycles. The van der Waals surface area contributed by atoms with Gasteiger partial charge in [-0.15, -0.1) is 4.80 Å². The van der Waals surface area contributed by atoms with Crippen molar-refractivity contribution in [1.82, 2.24) is 24.9 Å². The maximum absolute atomic E-state index is 14.9. The van der Waals surface area contributed by atoms with Crippen LogP contribution >= 0.6 is 0 Å². The number of hydrogen-bond donors (Lipinski definition) is 0. The summed E-state index contributed by atoms with van der Waals surface area (Å²) in [5.74, 6) is -0.625. The second kappa shape index (κ2) is 8.21. The Kier molecular flexibility index (Phi) is 5.57. The van der Waals surface area contributed by atoms with Gasteiger partial charge in [-0.1, -0.05) is 12.1 Å². The predicted molar refractivity (Wildman–Crippen MR) is 104 cm³/mol. The average Bonchev–Trinajstić information content (AvgIpc) is 3.29. The Morgan fingerprint density at radius 1 is 1.19 bits per heavy atom. The van der Waals surface area contributed by atoms with Crippen molar-refractivity contribution in [3.05, 3.63) is 65.9 Å². The molecule has 0 bridgehead atoms. The third-order valence-electron chi connectivity index (χ3n) is 5.69. The highest BCUT2D eigenvalue weighted by molar-refractivity contribution is 5.55. The van der Waals surface area contributed by atoms with Gasteiger partial charge in [-0.25, -0.2) is 9.37 Å². The van der Waals surface area contributed by atoms with Gasteiger partial charge in [0.1, 0.15) is 17.3 Å². The minimum absolute atomic E-state index is 0.0304. The number of nitrogens with zero attached hydrogens (tertiary/aromatic N) is 5. The standard InChI is InChI=1S/C21H19F4N5O2/c1-20(15-4-2-5-16(22)19(15)30-27-9-10-28-30)17(6-3-11-29(20)13-31)32-18-8-7-14(12-26-18)21(23,24)25/h2,4-5,7-10,12-13,17H,3,6,11H2,1H3/t17-,20+/m1/s1. The Hall–Kier alpha value is -3.50. The number of carbonyl (C=O) groups is 1. The molecule has 1 aromatic carbocycles. The molecule has 1 saturated heterocycles. The van der Waals surface area contributed by atoms with Crippen LogP contribution in [0.3, 0.4) is 0 Å². The monoisotopic (exact) mass is 449 g/mol. The lowest BCUT2D eigenvalue weighted by molar-refractivity contribution is -0.138. The lowest BCUT2D eigenvalue weighted by atomic mass is 9.78. The lowest BCUT2D eigenvalue weighted by Gasteiger charge is -2.48. The van der Waals surface area contributed by atoms with Gasteiger partial charge in [0.2, 0.25) is 12.3 Å². The van der Waals surface area contributed by atoms with Gasteiger partial charge in [-0.3, -0.25) is 4.79 Å². The highest BCUT2D eigenvalue weighted by Crippen LogP contribution is 2.42. The van der Waals surface area contributed by atoms with Crippen LogP contribution in [0.25, 0.3) is 5.69 Å². The van der Waals surface area contributed by atoms with Gasteiger partial charge in [0, 0.05) is 24.4 Å². The van der Waals surface area contributed by atoms with Gasteiger partial charge in [-0.05, 0) is 31.9 Å². The van der Waals surface area contributed by atoms with Crippen LogP contribution in [0, 0.1) is 5.82 Å². The normalized spacial score (nSPS) is 21.4. The minimum atomic E-state index is -4.52. The van der Waals surface area contributed by atoms with Crippen molar-refractivity contribution in [2.45, 2.75) is 37.6 Å². The van der Waals surface area contributed by atoms with Gasteiger partial charge < -0.3 is 9.64 Å². The van der Waals surface area contributed by atoms with E-state index >= 15 is 0 Å². The van der Waals surface area contributed by atoms with Gasteiger partial charge in [-0.2, -0.15) is 23.4 Å². The molecular formula is C21H19F4N5O2. The molecule has 1 amide bonds. The fourth-order valence-electron chi connectivity index (χ4n) is 4.03. The molecule has 2 atom stereocenters. The van der Waals surface area contributed by atoms with E-state index in [-0.39, 0.29) is 11.6 Å². The summed E-state index contributed by atoms with van der Waals surface area (Å²) in [4.78, 5) is 18.4. The number of alkyl halides is 3. The zero-order valence-corrected chi connectivity index (χ0v) is 17.0. The number of pyridine rings is 1. The van der Waals surface area contributed by atoms with Crippen LogP contribution in [0.5, 0.6) is 5.88 Å². The number of hydrogen-bond acceptors (Lipinski definition) is 5. The van der Waals surface area contributed by atoms with Gasteiger partial charge >= 0.3 is 6.18 Å². The molecule has 0 saturated carbocycles. The summed E-state index contributed by atoms with van der Waals surface area (Å²) in [6, 6.07) is 6.42. The zero-order chi connectivity index (χ0) is 22.9. The summed E-state index contributed by atoms with van der Waals surface area (Å²) in [5, 5.41) is 8.05. The van der Waals surface area contributed by atoms with Gasteiger partial charge in [0.05, 0.1) is 18.0 Å². The number of ether oxygens (including phenoxy) is 1. The quantitative estimate of drug-likeness (QED) is 0.438. The van der Waals surface area contributed by atoms with Crippen molar-refractivity contribution in [2.24, 2.45) is 0 Å². The SMILES string of the molecule is C[C@]1(c2cccc(F)c2-n2nccn2)[C@H](Oc2ccc(C(F)(F)F)cn2)CCCN1C=O. The number of amides is 1. The highest BCUT2D eigenvalue weighted by Gasteiger charge is 2.47. The molecule has 1 aliphatic heterocycles. The molecule has 168 valence electrons. The first kappa shape index (κ1) is 21.7. The number of carbonyl (C=O) groups excluding carboxylic acids is 1. The average molecular weight is 449 g/mol. The van der Waals surface area contributed by atoms with Crippen molar-refractivity contribution < 1.29 is 27.1 Å². The summed E-state index contributed by atoms with van der Waals surface area (Å²) >= 11 is 0. The van der Waals surface area contributed by atoms with E-state index in [9.17, 15) is 22.4 Å². The van der Waals surface area contributed by atoms with E-state index in [0.717, 1.165) is 16.9 Å². The summed E-state index contributed by atoms with van der Waals surface area (Å²) in [7, 11) is 0. The molecule has 3 aromatic rings. The number of likely N-dealkylation sites (tertiary alicyclic amines) is 1. The van der Waals surface area contributed by atoms with E-state index in [0.29, 0.717) is 37.6 Å². The van der Waals surface area contributed by atoms with E-state index in [1.807, 2.05) is 0 Å². The third kappa shape index (κ3) is 3.78. The van der Waals surface area contributed by atoms with E-state index in [1.54, 1.807) is 13.0 Å². The second-order valence-corrected chi connectivity index (χ2v) is 7.53. The topological polar surface area (TPSA) is 73.1 Å². The summed E-state index contributed by atoms with van der Waals surface area (Å²) < 4.78 is 59.5. The van der Waals surface area contributed by atoms with E-state index in [1.165, 1.54) is 29.4 Å². The highest BCUT2D eigenvalue weighted by atomic mass is 19.4. The predicted octanol–water partition coefficient (Wildman–Crippen LogP) is 3.74. The third-order valence-corrected chi connectivity index (χ3v) is 5.69. The van der Waals surface area contributed by atoms with Crippen molar-refractivity contribution >= 4 is 6.41 Å². The van der Waals surface area contributed by atoms with Crippen LogP contribution in [-0.4, -0.2) is 43.9 Å². The van der Waals surface area contributed by atoms with Crippen LogP contribution in [-0.2, 0) is 16.5 Å². The first-order valence-electron chi connectivity index (χ1n) is 9.82. The van der Waals surface area contributed by atoms with Crippen LogP contribution in [0.4, 0.5) is 17.6 Å². The van der Waals surface area contributed by atoms with Crippen LogP contribution in [0.1, 0.15) is 30.9 Å². The number of para-hydroxylation sites is 1. The summed E-state index contributed by atoms with van der Waals surface area (Å²) in [6.45, 7) is 2.11. The second-order valence-electron chi connectivity index (χ2n) is 7.53. The molecule has 1 aliphatic rings. The number of piperidine rings is 1. The molecule has 0 N–H and O–H groups in total. The van der Waals surface area contributed by atoms with Crippen molar-refractivity contribution in [2.75, 3.05) is 6.54 Å². The van der Waals surface area contributed by atoms with Crippen molar-refractivity contribution in [3.63, 3.8) is 0 Å². The Labute approximate surface area is 180 Å². The van der Waals surface area contributed by atoms with Crippen molar-refractivity contribution in [1.29, 1.82) is 0 Å². The Balaban J connectivity index is 1.77. The van der Waals surface area contributed by atoms with Crippen molar-refractivity contribution in [3.8, 4) is 11.6 Å². The first-order valence-corrected chi connectivity index (χ1v) is 9.82. The molecule has 7 nitrogen and oxygen atoms in total. The maximum atomic E-state index is 14.9. The molecular weight excluding hydrogens is 430 g/mol. The van der Waals surface area contributed by atoms with E-state index in [4.69, 9.17) is 4.74 Å². The van der Waals surface area contributed by atoms with Crippen LogP contribution < -0.4 is 4.74 Å².